The van der Waals surface area contributed by atoms with Crippen molar-refractivity contribution in [2.45, 2.75) is 13.2 Å². The van der Waals surface area contributed by atoms with Crippen LogP contribution in [0.15, 0.2) is 47.3 Å². The highest BCUT2D eigenvalue weighted by atomic mass is 19.1. The summed E-state index contributed by atoms with van der Waals surface area (Å²) in [7, 11) is 0. The largest absolute Gasteiger partial charge is 0.372 e. The molecule has 0 unspecified atom stereocenters. The molecule has 0 N–H and O–H groups in total. The van der Waals surface area contributed by atoms with Gasteiger partial charge in [-0.2, -0.15) is 0 Å². The lowest BCUT2D eigenvalue weighted by Gasteiger charge is -2.18. The minimum atomic E-state index is -0.288. The molecule has 0 amide bonds. The van der Waals surface area contributed by atoms with Gasteiger partial charge in [0, 0.05) is 0 Å². The second-order valence-electron chi connectivity index (χ2n) is 5.28. The Morgan fingerprint density at radius 1 is 1.14 bits per heavy atom. The van der Waals surface area contributed by atoms with Crippen molar-refractivity contribution < 1.29 is 9.13 Å². The van der Waals surface area contributed by atoms with Crippen LogP contribution in [0, 0.1) is 5.82 Å². The highest BCUT2D eigenvalue weighted by Gasteiger charge is 2.15. The highest BCUT2D eigenvalue weighted by molar-refractivity contribution is 5.83. The summed E-state index contributed by atoms with van der Waals surface area (Å²) in [6, 6.07) is 11.8. The van der Waals surface area contributed by atoms with Gasteiger partial charge in [0.05, 0.1) is 24.1 Å². The molecular weight excluding hydrogens is 283 g/mol. The van der Waals surface area contributed by atoms with Gasteiger partial charge in [-0.25, -0.2) is 9.37 Å². The molecule has 3 aromatic rings. The molecule has 1 aliphatic heterocycles. The van der Waals surface area contributed by atoms with E-state index in [2.05, 4.69) is 4.98 Å². The number of hydrogen-bond donors (Lipinski definition) is 0. The number of hydrogen-bond acceptors (Lipinski definition) is 3. The van der Waals surface area contributed by atoms with E-state index in [1.807, 2.05) is 18.2 Å². The molecule has 0 fully saturated rings. The van der Waals surface area contributed by atoms with Gasteiger partial charge in [0.1, 0.15) is 18.2 Å². The van der Waals surface area contributed by atoms with Gasteiger partial charge < -0.3 is 4.74 Å². The normalized spacial score (nSPS) is 14.0. The molecule has 22 heavy (non-hydrogen) atoms. The van der Waals surface area contributed by atoms with E-state index in [0.29, 0.717) is 36.5 Å². The molecule has 5 heteroatoms. The first-order valence-corrected chi connectivity index (χ1v) is 7.09. The predicted octanol–water partition coefficient (Wildman–Crippen LogP) is 2.73. The van der Waals surface area contributed by atoms with Crippen molar-refractivity contribution in [2.24, 2.45) is 0 Å². The van der Waals surface area contributed by atoms with Crippen LogP contribution < -0.4 is 5.56 Å². The van der Waals surface area contributed by atoms with Crippen molar-refractivity contribution in [3.63, 3.8) is 0 Å². The average Bonchev–Trinajstić information content (AvgIpc) is 2.55. The van der Waals surface area contributed by atoms with Gasteiger partial charge in [-0.15, -0.1) is 0 Å². The zero-order valence-corrected chi connectivity index (χ0v) is 11.8. The molecule has 0 saturated heterocycles. The van der Waals surface area contributed by atoms with E-state index in [-0.39, 0.29) is 11.4 Å². The van der Waals surface area contributed by atoms with Gasteiger partial charge in [0.25, 0.3) is 5.56 Å². The SMILES string of the molecule is O=c1c2ccc(-c3cccc(F)c3)cc2nc2n1CCOC2. The summed E-state index contributed by atoms with van der Waals surface area (Å²) in [5, 5.41) is 0.575. The van der Waals surface area contributed by atoms with Crippen molar-refractivity contribution in [1.82, 2.24) is 9.55 Å². The second-order valence-corrected chi connectivity index (χ2v) is 5.28. The van der Waals surface area contributed by atoms with Crippen LogP contribution in [0.5, 0.6) is 0 Å². The van der Waals surface area contributed by atoms with Gasteiger partial charge in [0.15, 0.2) is 0 Å². The van der Waals surface area contributed by atoms with E-state index in [4.69, 9.17) is 4.74 Å². The zero-order valence-electron chi connectivity index (χ0n) is 11.8. The quantitative estimate of drug-likeness (QED) is 0.693. The van der Waals surface area contributed by atoms with Crippen LogP contribution in [0.4, 0.5) is 4.39 Å². The average molecular weight is 296 g/mol. The van der Waals surface area contributed by atoms with Crippen LogP contribution >= 0.6 is 0 Å². The van der Waals surface area contributed by atoms with Crippen LogP contribution in [-0.4, -0.2) is 16.2 Å². The maximum absolute atomic E-state index is 13.4. The van der Waals surface area contributed by atoms with Gasteiger partial charge in [-0.05, 0) is 35.4 Å². The van der Waals surface area contributed by atoms with E-state index in [9.17, 15) is 9.18 Å². The minimum absolute atomic E-state index is 0.0471. The first kappa shape index (κ1) is 13.2. The molecule has 110 valence electrons. The molecule has 1 aromatic heterocycles. The first-order chi connectivity index (χ1) is 10.7. The summed E-state index contributed by atoms with van der Waals surface area (Å²) >= 11 is 0. The molecule has 0 aliphatic carbocycles. The summed E-state index contributed by atoms with van der Waals surface area (Å²) in [5.74, 6) is 0.351. The van der Waals surface area contributed by atoms with E-state index in [0.717, 1.165) is 11.1 Å². The lowest BCUT2D eigenvalue weighted by molar-refractivity contribution is 0.0788. The Morgan fingerprint density at radius 3 is 2.86 bits per heavy atom. The van der Waals surface area contributed by atoms with Crippen molar-refractivity contribution in [3.8, 4) is 11.1 Å². The molecule has 4 nitrogen and oxygen atoms in total. The summed E-state index contributed by atoms with van der Waals surface area (Å²) in [4.78, 5) is 17.0. The molecule has 2 aromatic carbocycles. The van der Waals surface area contributed by atoms with Crippen LogP contribution in [0.1, 0.15) is 5.82 Å². The number of fused-ring (bicyclic) bond motifs is 2. The first-order valence-electron chi connectivity index (χ1n) is 7.09. The van der Waals surface area contributed by atoms with Crippen molar-refractivity contribution >= 4 is 10.9 Å². The Morgan fingerprint density at radius 2 is 2.00 bits per heavy atom. The van der Waals surface area contributed by atoms with Crippen molar-refractivity contribution in [1.29, 1.82) is 0 Å². The molecule has 1 aliphatic rings. The van der Waals surface area contributed by atoms with Gasteiger partial charge in [-0.1, -0.05) is 18.2 Å². The van der Waals surface area contributed by atoms with Gasteiger partial charge >= 0.3 is 0 Å². The number of aromatic nitrogens is 2. The molecule has 0 saturated carbocycles. The Kier molecular flexibility index (Phi) is 3.01. The molecule has 0 spiro atoms. The van der Waals surface area contributed by atoms with Crippen LogP contribution in [0.2, 0.25) is 0 Å². The van der Waals surface area contributed by atoms with Crippen LogP contribution in [-0.2, 0) is 17.9 Å². The van der Waals surface area contributed by atoms with E-state index in [1.165, 1.54) is 12.1 Å². The fraction of sp³-hybridized carbons (Fsp3) is 0.176. The zero-order chi connectivity index (χ0) is 15.1. The number of rotatable bonds is 1. The summed E-state index contributed by atoms with van der Waals surface area (Å²) in [5.41, 5.74) is 2.16. The third-order valence-electron chi connectivity index (χ3n) is 3.88. The third kappa shape index (κ3) is 2.10. The standard InChI is InChI=1S/C17H13FN2O2/c18-13-3-1-2-11(8-13)12-4-5-14-15(9-12)19-16-10-22-7-6-20(16)17(14)21/h1-5,8-9H,6-7,10H2. The summed E-state index contributed by atoms with van der Waals surface area (Å²) < 4.78 is 20.4. The number of halogens is 1. The molecule has 0 atom stereocenters. The molecular formula is C17H13FN2O2. The Bertz CT molecular complexity index is 934. The molecule has 0 radical (unpaired) electrons. The fourth-order valence-corrected chi connectivity index (χ4v) is 2.77. The molecule has 4 rings (SSSR count). The van der Waals surface area contributed by atoms with Crippen molar-refractivity contribution in [3.05, 3.63) is 64.5 Å². The number of benzene rings is 2. The summed E-state index contributed by atoms with van der Waals surface area (Å²) in [6.45, 7) is 1.40. The number of ether oxygens (including phenoxy) is 1. The van der Waals surface area contributed by atoms with Gasteiger partial charge in [0.2, 0.25) is 0 Å². The number of nitrogens with zero attached hydrogens (tertiary/aromatic N) is 2. The lowest BCUT2D eigenvalue weighted by Crippen LogP contribution is -2.31. The Hall–Kier alpha value is -2.53. The van der Waals surface area contributed by atoms with Crippen LogP contribution in [0.25, 0.3) is 22.0 Å². The van der Waals surface area contributed by atoms with E-state index >= 15 is 0 Å². The monoisotopic (exact) mass is 296 g/mol. The van der Waals surface area contributed by atoms with Crippen LogP contribution in [0.3, 0.4) is 0 Å². The molecule has 2 heterocycles. The Balaban J connectivity index is 1.93. The third-order valence-corrected chi connectivity index (χ3v) is 3.88. The van der Waals surface area contributed by atoms with Crippen molar-refractivity contribution in [2.75, 3.05) is 6.61 Å². The topological polar surface area (TPSA) is 44.1 Å². The maximum atomic E-state index is 13.4. The fourth-order valence-electron chi connectivity index (χ4n) is 2.77. The van der Waals surface area contributed by atoms with Gasteiger partial charge in [-0.3, -0.25) is 9.36 Å². The lowest BCUT2D eigenvalue weighted by atomic mass is 10.0. The smallest absolute Gasteiger partial charge is 0.261 e. The molecule has 0 bridgehead atoms. The maximum Gasteiger partial charge on any atom is 0.261 e. The summed E-state index contributed by atoms with van der Waals surface area (Å²) in [6.07, 6.45) is 0. The minimum Gasteiger partial charge on any atom is -0.372 e. The Labute approximate surface area is 125 Å². The highest BCUT2D eigenvalue weighted by Crippen LogP contribution is 2.23. The second kappa shape index (κ2) is 5.03. The van der Waals surface area contributed by atoms with E-state index in [1.54, 1.807) is 16.7 Å². The predicted molar refractivity (Wildman–Crippen MR) is 81.1 cm³/mol. The van der Waals surface area contributed by atoms with E-state index < -0.39 is 0 Å².